The summed E-state index contributed by atoms with van der Waals surface area (Å²) in [4.78, 5) is 26.7. The Morgan fingerprint density at radius 3 is 2.61 bits per heavy atom. The molecular formula is C12H20N2O4. The van der Waals surface area contributed by atoms with Crippen molar-refractivity contribution in [3.05, 3.63) is 0 Å². The van der Waals surface area contributed by atoms with Crippen LogP contribution in [0.15, 0.2) is 0 Å². The van der Waals surface area contributed by atoms with Gasteiger partial charge in [0.05, 0.1) is 12.5 Å². The summed E-state index contributed by atoms with van der Waals surface area (Å²) < 4.78 is 5.32. The molecule has 1 N–H and O–H groups in total. The van der Waals surface area contributed by atoms with Crippen LogP contribution in [-0.2, 0) is 9.53 Å². The summed E-state index contributed by atoms with van der Waals surface area (Å²) in [5.74, 6) is -1.21. The van der Waals surface area contributed by atoms with Crippen LogP contribution in [0.25, 0.3) is 0 Å². The van der Waals surface area contributed by atoms with E-state index in [4.69, 9.17) is 9.84 Å². The van der Waals surface area contributed by atoms with Gasteiger partial charge >= 0.3 is 12.0 Å². The Hall–Kier alpha value is -1.30. The van der Waals surface area contributed by atoms with Gasteiger partial charge in [-0.15, -0.1) is 0 Å². The Labute approximate surface area is 106 Å². The smallest absolute Gasteiger partial charge is 0.320 e. The van der Waals surface area contributed by atoms with Gasteiger partial charge in [0.1, 0.15) is 0 Å². The molecule has 0 unspecified atom stereocenters. The number of ether oxygens (including phenoxy) is 1. The number of carbonyl (C=O) groups is 2. The highest BCUT2D eigenvalue weighted by molar-refractivity contribution is 5.76. The summed E-state index contributed by atoms with van der Waals surface area (Å²) in [6, 6.07) is -0.0357. The fourth-order valence-electron chi connectivity index (χ4n) is 2.49. The molecule has 2 aliphatic rings. The number of piperidine rings is 1. The number of carbonyl (C=O) groups excluding carboxylic acids is 1. The summed E-state index contributed by atoms with van der Waals surface area (Å²) in [6.07, 6.45) is 2.29. The van der Waals surface area contributed by atoms with E-state index < -0.39 is 11.9 Å². The van der Waals surface area contributed by atoms with Crippen molar-refractivity contribution in [2.75, 3.05) is 39.4 Å². The zero-order valence-corrected chi connectivity index (χ0v) is 10.5. The first kappa shape index (κ1) is 13.1. The number of nitrogens with zero attached hydrogens (tertiary/aromatic N) is 2. The summed E-state index contributed by atoms with van der Waals surface area (Å²) in [5.41, 5.74) is 0. The van der Waals surface area contributed by atoms with Gasteiger partial charge < -0.3 is 19.6 Å². The van der Waals surface area contributed by atoms with E-state index in [-0.39, 0.29) is 6.03 Å². The molecule has 2 fully saturated rings. The second kappa shape index (κ2) is 6.04. The Kier molecular flexibility index (Phi) is 4.41. The maximum absolute atomic E-state index is 12.3. The second-order valence-electron chi connectivity index (χ2n) is 4.86. The van der Waals surface area contributed by atoms with Gasteiger partial charge in [-0.05, 0) is 19.3 Å². The van der Waals surface area contributed by atoms with Gasteiger partial charge in [0.15, 0.2) is 0 Å². The lowest BCUT2D eigenvalue weighted by atomic mass is 9.99. The molecule has 18 heavy (non-hydrogen) atoms. The van der Waals surface area contributed by atoms with E-state index in [2.05, 4.69) is 0 Å². The molecule has 0 aromatic carbocycles. The number of rotatable bonds is 1. The fourth-order valence-corrected chi connectivity index (χ4v) is 2.49. The summed E-state index contributed by atoms with van der Waals surface area (Å²) in [6.45, 7) is 3.58. The summed E-state index contributed by atoms with van der Waals surface area (Å²) >= 11 is 0. The first-order valence-electron chi connectivity index (χ1n) is 6.53. The van der Waals surface area contributed by atoms with Crippen LogP contribution in [0.2, 0.25) is 0 Å². The molecular weight excluding hydrogens is 236 g/mol. The van der Waals surface area contributed by atoms with Crippen molar-refractivity contribution in [1.29, 1.82) is 0 Å². The monoisotopic (exact) mass is 256 g/mol. The predicted octanol–water partition coefficient (Wildman–Crippen LogP) is 0.625. The minimum absolute atomic E-state index is 0.0357. The maximum Gasteiger partial charge on any atom is 0.320 e. The SMILES string of the molecule is O=C(O)[C@@H]1CCCN(C(=O)N2CCCOCC2)C1. The Balaban J connectivity index is 1.92. The fraction of sp³-hybridized carbons (Fsp3) is 0.833. The van der Waals surface area contributed by atoms with Crippen LogP contribution < -0.4 is 0 Å². The highest BCUT2D eigenvalue weighted by Crippen LogP contribution is 2.18. The molecule has 0 spiro atoms. The lowest BCUT2D eigenvalue weighted by Crippen LogP contribution is -2.49. The minimum Gasteiger partial charge on any atom is -0.481 e. The van der Waals surface area contributed by atoms with Gasteiger partial charge in [0, 0.05) is 32.8 Å². The van der Waals surface area contributed by atoms with Crippen molar-refractivity contribution in [2.24, 2.45) is 5.92 Å². The van der Waals surface area contributed by atoms with Crippen LogP contribution in [0.5, 0.6) is 0 Å². The Morgan fingerprint density at radius 2 is 1.83 bits per heavy atom. The number of likely N-dealkylation sites (tertiary alicyclic amines) is 1. The van der Waals surface area contributed by atoms with E-state index in [1.54, 1.807) is 9.80 Å². The predicted molar refractivity (Wildman–Crippen MR) is 64.3 cm³/mol. The highest BCUT2D eigenvalue weighted by Gasteiger charge is 2.30. The third-order valence-corrected chi connectivity index (χ3v) is 3.53. The molecule has 0 aromatic heterocycles. The van der Waals surface area contributed by atoms with Gasteiger partial charge in [-0.2, -0.15) is 0 Å². The van der Waals surface area contributed by atoms with Crippen LogP contribution in [-0.4, -0.2) is 66.3 Å². The van der Waals surface area contributed by atoms with Crippen molar-refractivity contribution in [3.63, 3.8) is 0 Å². The van der Waals surface area contributed by atoms with E-state index in [0.717, 1.165) is 12.8 Å². The van der Waals surface area contributed by atoms with Gasteiger partial charge in [0.2, 0.25) is 0 Å². The zero-order chi connectivity index (χ0) is 13.0. The molecule has 2 rings (SSSR count). The number of aliphatic carboxylic acids is 1. The zero-order valence-electron chi connectivity index (χ0n) is 10.5. The van der Waals surface area contributed by atoms with Gasteiger partial charge in [-0.25, -0.2) is 4.79 Å². The van der Waals surface area contributed by atoms with Crippen molar-refractivity contribution in [2.45, 2.75) is 19.3 Å². The van der Waals surface area contributed by atoms with Gasteiger partial charge in [0.25, 0.3) is 0 Å². The normalized spacial score (nSPS) is 25.7. The molecule has 0 radical (unpaired) electrons. The van der Waals surface area contributed by atoms with Crippen molar-refractivity contribution < 1.29 is 19.4 Å². The first-order chi connectivity index (χ1) is 8.68. The molecule has 2 amide bonds. The molecule has 6 nitrogen and oxygen atoms in total. The van der Waals surface area contributed by atoms with Crippen LogP contribution in [0.4, 0.5) is 4.79 Å². The topological polar surface area (TPSA) is 70.1 Å². The van der Waals surface area contributed by atoms with E-state index in [9.17, 15) is 9.59 Å². The van der Waals surface area contributed by atoms with E-state index >= 15 is 0 Å². The van der Waals surface area contributed by atoms with E-state index in [1.165, 1.54) is 0 Å². The third kappa shape index (κ3) is 3.13. The number of carboxylic acid groups (broad SMARTS) is 1. The number of amides is 2. The van der Waals surface area contributed by atoms with Crippen molar-refractivity contribution >= 4 is 12.0 Å². The Bertz CT molecular complexity index is 313. The molecule has 1 atom stereocenters. The summed E-state index contributed by atoms with van der Waals surface area (Å²) in [7, 11) is 0. The van der Waals surface area contributed by atoms with Crippen LogP contribution in [0, 0.1) is 5.92 Å². The molecule has 102 valence electrons. The van der Waals surface area contributed by atoms with Gasteiger partial charge in [-0.3, -0.25) is 4.79 Å². The molecule has 0 saturated carbocycles. The molecule has 2 saturated heterocycles. The minimum atomic E-state index is -0.799. The van der Waals surface area contributed by atoms with Gasteiger partial charge in [-0.1, -0.05) is 0 Å². The molecule has 0 bridgehead atoms. The average Bonchev–Trinajstić information content (AvgIpc) is 2.67. The third-order valence-electron chi connectivity index (χ3n) is 3.53. The summed E-state index contributed by atoms with van der Waals surface area (Å²) in [5, 5.41) is 9.02. The highest BCUT2D eigenvalue weighted by atomic mass is 16.5. The average molecular weight is 256 g/mol. The quantitative estimate of drug-likeness (QED) is 0.747. The largest absolute Gasteiger partial charge is 0.481 e. The molecule has 2 heterocycles. The van der Waals surface area contributed by atoms with Crippen LogP contribution in [0.3, 0.4) is 0 Å². The molecule has 6 heteroatoms. The number of hydrogen-bond donors (Lipinski definition) is 1. The number of urea groups is 1. The molecule has 0 aromatic rings. The van der Waals surface area contributed by atoms with Crippen LogP contribution in [0.1, 0.15) is 19.3 Å². The number of hydrogen-bond acceptors (Lipinski definition) is 3. The van der Waals surface area contributed by atoms with Crippen molar-refractivity contribution in [1.82, 2.24) is 9.80 Å². The molecule has 0 aliphatic carbocycles. The second-order valence-corrected chi connectivity index (χ2v) is 4.86. The first-order valence-corrected chi connectivity index (χ1v) is 6.53. The standard InChI is InChI=1S/C12H20N2O4/c15-11(16)10-3-1-4-14(9-10)12(17)13-5-2-7-18-8-6-13/h10H,1-9H2,(H,15,16)/t10-/m1/s1. The lowest BCUT2D eigenvalue weighted by Gasteiger charge is -2.34. The molecule has 2 aliphatic heterocycles. The van der Waals surface area contributed by atoms with E-state index in [1.807, 2.05) is 0 Å². The Morgan fingerprint density at radius 1 is 1.06 bits per heavy atom. The van der Waals surface area contributed by atoms with Crippen molar-refractivity contribution in [3.8, 4) is 0 Å². The van der Waals surface area contributed by atoms with Crippen LogP contribution >= 0.6 is 0 Å². The van der Waals surface area contributed by atoms with E-state index in [0.29, 0.717) is 45.8 Å². The maximum atomic E-state index is 12.3. The number of carboxylic acids is 1. The lowest BCUT2D eigenvalue weighted by molar-refractivity contribution is -0.143.